The van der Waals surface area contributed by atoms with Gasteiger partial charge in [0.15, 0.2) is 6.61 Å². The molecule has 23 heavy (non-hydrogen) atoms. The topological polar surface area (TPSA) is 84.3 Å². The maximum atomic E-state index is 11.0. The van der Waals surface area contributed by atoms with Crippen LogP contribution in [0, 0.1) is 0 Å². The zero-order valence-electron chi connectivity index (χ0n) is 12.0. The van der Waals surface area contributed by atoms with Gasteiger partial charge in [0, 0.05) is 11.1 Å². The molecular weight excluding hydrogens is 314 g/mol. The highest BCUT2D eigenvalue weighted by Gasteiger charge is 2.09. The van der Waals surface area contributed by atoms with Crippen molar-refractivity contribution in [2.75, 3.05) is 6.61 Å². The minimum atomic E-state index is -0.613. The van der Waals surface area contributed by atoms with E-state index in [0.717, 1.165) is 21.1 Å². The molecule has 0 aliphatic carbocycles. The van der Waals surface area contributed by atoms with Gasteiger partial charge in [-0.2, -0.15) is 0 Å². The van der Waals surface area contributed by atoms with E-state index >= 15 is 0 Å². The minimum absolute atomic E-state index is 0.259. The van der Waals surface area contributed by atoms with Gasteiger partial charge in [-0.25, -0.2) is 5.48 Å². The molecule has 0 aliphatic rings. The number of hydrogen-bond acceptors (Lipinski definition) is 6. The summed E-state index contributed by atoms with van der Waals surface area (Å²) >= 11 is 1.48. The second-order valence-corrected chi connectivity index (χ2v) is 5.61. The van der Waals surface area contributed by atoms with Crippen molar-refractivity contribution in [1.29, 1.82) is 0 Å². The van der Waals surface area contributed by atoms with E-state index in [0.29, 0.717) is 5.75 Å². The lowest BCUT2D eigenvalue weighted by Crippen LogP contribution is -2.25. The smallest absolute Gasteiger partial charge is 0.281 e. The minimum Gasteiger partial charge on any atom is -0.484 e. The van der Waals surface area contributed by atoms with Gasteiger partial charge in [0.1, 0.15) is 15.8 Å². The number of ether oxygens (including phenoxy) is 1. The van der Waals surface area contributed by atoms with Crippen molar-refractivity contribution in [3.63, 3.8) is 0 Å². The van der Waals surface area contributed by atoms with Crippen molar-refractivity contribution < 1.29 is 14.7 Å². The van der Waals surface area contributed by atoms with Crippen molar-refractivity contribution in [3.05, 3.63) is 54.6 Å². The van der Waals surface area contributed by atoms with Crippen LogP contribution in [-0.4, -0.2) is 27.9 Å². The Morgan fingerprint density at radius 3 is 2.48 bits per heavy atom. The van der Waals surface area contributed by atoms with Crippen LogP contribution in [0.1, 0.15) is 0 Å². The second-order valence-electron chi connectivity index (χ2n) is 4.63. The number of rotatable bonds is 5. The molecule has 3 aromatic rings. The highest BCUT2D eigenvalue weighted by molar-refractivity contribution is 7.17. The molecule has 0 unspecified atom stereocenters. The molecule has 0 fully saturated rings. The molecule has 0 saturated heterocycles. The Morgan fingerprint density at radius 2 is 1.74 bits per heavy atom. The van der Waals surface area contributed by atoms with Crippen molar-refractivity contribution in [2.45, 2.75) is 0 Å². The van der Waals surface area contributed by atoms with Crippen LogP contribution in [0.5, 0.6) is 5.75 Å². The fourth-order valence-corrected chi connectivity index (χ4v) is 2.78. The molecule has 1 aromatic heterocycles. The summed E-state index contributed by atoms with van der Waals surface area (Å²) in [6, 6.07) is 17.0. The number of aromatic nitrogens is 2. The molecule has 0 bridgehead atoms. The standard InChI is InChI=1S/C16H13N3O3S/c20-14(19-21)10-22-13-8-4-7-12(9-13)16-18-17-15(23-16)11-5-2-1-3-6-11/h1-9,21H,10H2,(H,19,20). The molecule has 0 saturated carbocycles. The first kappa shape index (κ1) is 15.1. The van der Waals surface area contributed by atoms with Crippen molar-refractivity contribution in [1.82, 2.24) is 15.7 Å². The summed E-state index contributed by atoms with van der Waals surface area (Å²) in [6.45, 7) is -0.259. The molecule has 0 atom stereocenters. The van der Waals surface area contributed by atoms with Crippen LogP contribution >= 0.6 is 11.3 Å². The lowest BCUT2D eigenvalue weighted by molar-refractivity contribution is -0.131. The average molecular weight is 327 g/mol. The molecule has 116 valence electrons. The summed E-state index contributed by atoms with van der Waals surface area (Å²) in [5, 5.41) is 18.5. The van der Waals surface area contributed by atoms with Gasteiger partial charge in [-0.05, 0) is 12.1 Å². The van der Waals surface area contributed by atoms with Crippen molar-refractivity contribution >= 4 is 17.2 Å². The maximum Gasteiger partial charge on any atom is 0.281 e. The van der Waals surface area contributed by atoms with E-state index in [9.17, 15) is 4.79 Å². The summed E-state index contributed by atoms with van der Waals surface area (Å²) in [4.78, 5) is 11.0. The van der Waals surface area contributed by atoms with Gasteiger partial charge in [-0.15, -0.1) is 10.2 Å². The van der Waals surface area contributed by atoms with Gasteiger partial charge in [0.2, 0.25) is 0 Å². The average Bonchev–Trinajstić information content (AvgIpc) is 3.11. The zero-order valence-corrected chi connectivity index (χ0v) is 12.8. The second kappa shape index (κ2) is 6.99. The Balaban J connectivity index is 1.80. The van der Waals surface area contributed by atoms with Crippen LogP contribution in [-0.2, 0) is 4.79 Å². The Hall–Kier alpha value is -2.77. The molecule has 2 N–H and O–H groups in total. The third kappa shape index (κ3) is 3.71. The summed E-state index contributed by atoms with van der Waals surface area (Å²) in [5.41, 5.74) is 3.39. The molecular formula is C16H13N3O3S. The van der Waals surface area contributed by atoms with E-state index < -0.39 is 5.91 Å². The molecule has 6 nitrogen and oxygen atoms in total. The van der Waals surface area contributed by atoms with Gasteiger partial charge >= 0.3 is 0 Å². The Labute approximate surface area is 136 Å². The van der Waals surface area contributed by atoms with E-state index in [4.69, 9.17) is 9.94 Å². The monoisotopic (exact) mass is 327 g/mol. The van der Waals surface area contributed by atoms with Crippen LogP contribution in [0.3, 0.4) is 0 Å². The van der Waals surface area contributed by atoms with Gasteiger partial charge in [0.05, 0.1) is 0 Å². The largest absolute Gasteiger partial charge is 0.484 e. The molecule has 0 spiro atoms. The molecule has 0 aliphatic heterocycles. The van der Waals surface area contributed by atoms with Gasteiger partial charge in [0.25, 0.3) is 5.91 Å². The van der Waals surface area contributed by atoms with Gasteiger partial charge < -0.3 is 4.74 Å². The van der Waals surface area contributed by atoms with E-state index in [1.165, 1.54) is 16.8 Å². The molecule has 1 amide bonds. The molecule has 0 radical (unpaired) electrons. The molecule has 2 aromatic carbocycles. The zero-order chi connectivity index (χ0) is 16.1. The highest BCUT2D eigenvalue weighted by atomic mass is 32.1. The van der Waals surface area contributed by atoms with Crippen molar-refractivity contribution in [2.24, 2.45) is 0 Å². The van der Waals surface area contributed by atoms with Gasteiger partial charge in [-0.1, -0.05) is 53.8 Å². The van der Waals surface area contributed by atoms with Crippen LogP contribution < -0.4 is 10.2 Å². The number of hydrogen-bond donors (Lipinski definition) is 2. The first-order chi connectivity index (χ1) is 11.3. The normalized spacial score (nSPS) is 10.3. The number of hydroxylamine groups is 1. The number of carbonyl (C=O) groups is 1. The van der Waals surface area contributed by atoms with E-state index in [2.05, 4.69) is 10.2 Å². The lowest BCUT2D eigenvalue weighted by atomic mass is 10.2. The fraction of sp³-hybridized carbons (Fsp3) is 0.0625. The number of nitrogens with zero attached hydrogens (tertiary/aromatic N) is 2. The SMILES string of the molecule is O=C(COc1cccc(-c2nnc(-c3ccccc3)s2)c1)NO. The summed E-state index contributed by atoms with van der Waals surface area (Å²) < 4.78 is 5.30. The predicted octanol–water partition coefficient (Wildman–Crippen LogP) is 2.76. The van der Waals surface area contributed by atoms with Crippen LogP contribution in [0.4, 0.5) is 0 Å². The lowest BCUT2D eigenvalue weighted by Gasteiger charge is -2.05. The van der Waals surface area contributed by atoms with Gasteiger partial charge in [-0.3, -0.25) is 10.0 Å². The first-order valence-corrected chi connectivity index (χ1v) is 7.63. The van der Waals surface area contributed by atoms with Crippen LogP contribution in [0.15, 0.2) is 54.6 Å². The third-order valence-corrected chi connectivity index (χ3v) is 4.04. The predicted molar refractivity (Wildman–Crippen MR) is 86.2 cm³/mol. The van der Waals surface area contributed by atoms with E-state index in [-0.39, 0.29) is 6.61 Å². The fourth-order valence-electron chi connectivity index (χ4n) is 1.94. The summed E-state index contributed by atoms with van der Waals surface area (Å²) in [6.07, 6.45) is 0. The summed E-state index contributed by atoms with van der Waals surface area (Å²) in [7, 11) is 0. The van der Waals surface area contributed by atoms with E-state index in [1.807, 2.05) is 42.5 Å². The van der Waals surface area contributed by atoms with Crippen LogP contribution in [0.2, 0.25) is 0 Å². The number of carbonyl (C=O) groups excluding carboxylic acids is 1. The number of nitrogens with one attached hydrogen (secondary N) is 1. The number of benzene rings is 2. The van der Waals surface area contributed by atoms with E-state index in [1.54, 1.807) is 12.1 Å². The summed E-state index contributed by atoms with van der Waals surface area (Å²) in [5.74, 6) is -0.0970. The molecule has 1 heterocycles. The maximum absolute atomic E-state index is 11.0. The Bertz CT molecular complexity index is 805. The first-order valence-electron chi connectivity index (χ1n) is 6.81. The Morgan fingerprint density at radius 1 is 1.04 bits per heavy atom. The highest BCUT2D eigenvalue weighted by Crippen LogP contribution is 2.31. The third-order valence-electron chi connectivity index (χ3n) is 3.02. The van der Waals surface area contributed by atoms with Crippen LogP contribution in [0.25, 0.3) is 21.1 Å². The molecule has 3 rings (SSSR count). The number of amides is 1. The van der Waals surface area contributed by atoms with Crippen molar-refractivity contribution in [3.8, 4) is 26.9 Å². The molecule has 7 heteroatoms. The Kier molecular flexibility index (Phi) is 4.60. The quantitative estimate of drug-likeness (QED) is 0.556.